The van der Waals surface area contributed by atoms with Gasteiger partial charge in [-0.25, -0.2) is 9.18 Å². The Bertz CT molecular complexity index is 1550. The second-order valence-electron chi connectivity index (χ2n) is 9.67. The highest BCUT2D eigenvalue weighted by molar-refractivity contribution is 5.97. The molecule has 1 aliphatic rings. The average Bonchev–Trinajstić information content (AvgIpc) is 3.38. The van der Waals surface area contributed by atoms with Crippen LogP contribution in [0.15, 0.2) is 71.7 Å². The number of nitrogens with one attached hydrogen (secondary N) is 1. The summed E-state index contributed by atoms with van der Waals surface area (Å²) in [4.78, 5) is 27.1. The van der Waals surface area contributed by atoms with Crippen molar-refractivity contribution in [1.29, 1.82) is 0 Å². The van der Waals surface area contributed by atoms with Crippen LogP contribution in [0.2, 0.25) is 0 Å². The average molecular weight is 516 g/mol. The summed E-state index contributed by atoms with van der Waals surface area (Å²) in [5, 5.41) is 12.9. The summed E-state index contributed by atoms with van der Waals surface area (Å²) in [5.74, 6) is -1.37. The monoisotopic (exact) mass is 515 g/mol. The molecule has 8 heteroatoms. The number of rotatable bonds is 8. The zero-order valence-corrected chi connectivity index (χ0v) is 21.4. The van der Waals surface area contributed by atoms with Crippen molar-refractivity contribution in [3.8, 4) is 16.9 Å². The maximum Gasteiger partial charge on any atom is 0.341 e. The van der Waals surface area contributed by atoms with Crippen molar-refractivity contribution in [1.82, 2.24) is 9.88 Å². The molecule has 0 saturated carbocycles. The summed E-state index contributed by atoms with van der Waals surface area (Å²) in [6.45, 7) is 2.39. The van der Waals surface area contributed by atoms with Gasteiger partial charge in [-0.2, -0.15) is 0 Å². The van der Waals surface area contributed by atoms with E-state index in [4.69, 9.17) is 4.74 Å². The number of ether oxygens (including phenoxy) is 1. The van der Waals surface area contributed by atoms with Gasteiger partial charge < -0.3 is 24.6 Å². The van der Waals surface area contributed by atoms with Gasteiger partial charge in [0.2, 0.25) is 5.43 Å². The molecule has 0 bridgehead atoms. The molecule has 0 amide bonds. The van der Waals surface area contributed by atoms with Crippen molar-refractivity contribution < 1.29 is 19.0 Å². The van der Waals surface area contributed by atoms with Crippen LogP contribution in [-0.2, 0) is 6.54 Å². The van der Waals surface area contributed by atoms with Crippen molar-refractivity contribution in [2.45, 2.75) is 13.0 Å². The molecule has 4 aromatic rings. The number of hydrogen-bond donors (Lipinski definition) is 2. The van der Waals surface area contributed by atoms with E-state index in [0.717, 1.165) is 35.7 Å². The van der Waals surface area contributed by atoms with Gasteiger partial charge in [-0.1, -0.05) is 48.5 Å². The summed E-state index contributed by atoms with van der Waals surface area (Å²) in [6, 6.07) is 19.0. The molecule has 7 nitrogen and oxygen atoms in total. The fraction of sp³-hybridized carbons (Fsp3) is 0.267. The molecule has 1 aromatic heterocycles. The lowest BCUT2D eigenvalue weighted by Gasteiger charge is -2.25. The number of carboxylic acids is 1. The van der Waals surface area contributed by atoms with Crippen LogP contribution in [0.5, 0.6) is 5.75 Å². The lowest BCUT2D eigenvalue weighted by atomic mass is 10.0. The van der Waals surface area contributed by atoms with E-state index < -0.39 is 22.8 Å². The number of carbonyl (C=O) groups is 1. The molecule has 0 radical (unpaired) electrons. The molecule has 1 saturated heterocycles. The Morgan fingerprint density at radius 1 is 1.13 bits per heavy atom. The van der Waals surface area contributed by atoms with Crippen molar-refractivity contribution >= 4 is 22.6 Å². The first kappa shape index (κ1) is 25.5. The van der Waals surface area contributed by atoms with E-state index >= 15 is 4.39 Å². The Kier molecular flexibility index (Phi) is 7.15. The zero-order valence-electron chi connectivity index (χ0n) is 21.4. The standard InChI is InChI=1S/C30H30FN3O4/c1-32-15-20-11-12-33(17-20)27-25(31)14-23-26(29(27)38-2)34(18-24(28(23)35)30(36)37)16-19-7-6-10-22(13-19)21-8-4-3-5-9-21/h3-10,13-14,18,20,32H,11-12,15-17H2,1-2H3,(H,36,37)/t20-/m0/s1. The molecular weight excluding hydrogens is 485 g/mol. The Morgan fingerprint density at radius 3 is 2.61 bits per heavy atom. The van der Waals surface area contributed by atoms with Crippen LogP contribution in [0.25, 0.3) is 22.0 Å². The topological polar surface area (TPSA) is 83.8 Å². The molecule has 0 unspecified atom stereocenters. The first-order valence-corrected chi connectivity index (χ1v) is 12.6. The number of fused-ring (bicyclic) bond motifs is 1. The molecule has 38 heavy (non-hydrogen) atoms. The number of benzene rings is 3. The van der Waals surface area contributed by atoms with Crippen LogP contribution in [0.1, 0.15) is 22.3 Å². The highest BCUT2D eigenvalue weighted by Gasteiger charge is 2.30. The SMILES string of the molecule is CNC[C@@H]1CCN(c2c(F)cc3c(=O)c(C(=O)O)cn(Cc4cccc(-c5ccccc5)c4)c3c2OC)C1. The van der Waals surface area contributed by atoms with Gasteiger partial charge in [0.05, 0.1) is 18.0 Å². The van der Waals surface area contributed by atoms with Crippen molar-refractivity contribution in [3.63, 3.8) is 0 Å². The number of aromatic carboxylic acids is 1. The summed E-state index contributed by atoms with van der Waals surface area (Å²) >= 11 is 0. The lowest BCUT2D eigenvalue weighted by molar-refractivity contribution is 0.0695. The Morgan fingerprint density at radius 2 is 1.89 bits per heavy atom. The smallest absolute Gasteiger partial charge is 0.341 e. The van der Waals surface area contributed by atoms with E-state index in [1.54, 1.807) is 4.57 Å². The van der Waals surface area contributed by atoms with Gasteiger partial charge in [-0.15, -0.1) is 0 Å². The molecule has 1 fully saturated rings. The largest absolute Gasteiger partial charge is 0.492 e. The molecule has 0 spiro atoms. The molecule has 1 atom stereocenters. The molecule has 2 N–H and O–H groups in total. The Hall–Kier alpha value is -4.17. The summed E-state index contributed by atoms with van der Waals surface area (Å²) in [6.07, 6.45) is 2.23. The van der Waals surface area contributed by atoms with Gasteiger partial charge in [0.1, 0.15) is 11.3 Å². The predicted octanol–water partition coefficient (Wildman–Crippen LogP) is 4.61. The van der Waals surface area contributed by atoms with Crippen LogP contribution in [0.4, 0.5) is 10.1 Å². The van der Waals surface area contributed by atoms with E-state index in [9.17, 15) is 14.7 Å². The molecule has 3 aromatic carbocycles. The summed E-state index contributed by atoms with van der Waals surface area (Å²) in [5.41, 5.74) is 2.49. The number of carboxylic acid groups (broad SMARTS) is 1. The number of halogens is 1. The number of anilines is 1. The van der Waals surface area contributed by atoms with Crippen molar-refractivity contribution in [2.24, 2.45) is 5.92 Å². The molecule has 5 rings (SSSR count). The van der Waals surface area contributed by atoms with Crippen molar-refractivity contribution in [2.75, 3.05) is 38.7 Å². The fourth-order valence-electron chi connectivity index (χ4n) is 5.42. The fourth-order valence-corrected chi connectivity index (χ4v) is 5.42. The van der Waals surface area contributed by atoms with E-state index in [1.165, 1.54) is 13.3 Å². The number of pyridine rings is 1. The number of methoxy groups -OCH3 is 1. The van der Waals surface area contributed by atoms with Gasteiger partial charge in [-0.3, -0.25) is 4.79 Å². The van der Waals surface area contributed by atoms with Gasteiger partial charge in [0, 0.05) is 25.8 Å². The molecular formula is C30H30FN3O4. The van der Waals surface area contributed by atoms with Crippen LogP contribution in [-0.4, -0.2) is 49.4 Å². The van der Waals surface area contributed by atoms with E-state index in [2.05, 4.69) is 5.32 Å². The number of nitrogens with zero attached hydrogens (tertiary/aromatic N) is 2. The van der Waals surface area contributed by atoms with Crippen LogP contribution >= 0.6 is 0 Å². The van der Waals surface area contributed by atoms with Gasteiger partial charge in [0.25, 0.3) is 0 Å². The van der Waals surface area contributed by atoms with Crippen LogP contribution < -0.4 is 20.4 Å². The maximum absolute atomic E-state index is 15.6. The lowest BCUT2D eigenvalue weighted by Crippen LogP contribution is -2.26. The Balaban J connectivity index is 1.68. The minimum Gasteiger partial charge on any atom is -0.492 e. The van der Waals surface area contributed by atoms with Crippen molar-refractivity contribution in [3.05, 3.63) is 94.0 Å². The van der Waals surface area contributed by atoms with E-state index in [-0.39, 0.29) is 17.7 Å². The second kappa shape index (κ2) is 10.7. The minimum absolute atomic E-state index is 0.0202. The van der Waals surface area contributed by atoms with Crippen LogP contribution in [0, 0.1) is 11.7 Å². The first-order chi connectivity index (χ1) is 18.4. The third kappa shape index (κ3) is 4.75. The number of aromatic nitrogens is 1. The third-order valence-corrected chi connectivity index (χ3v) is 7.16. The molecule has 196 valence electrons. The number of hydrogen-bond acceptors (Lipinski definition) is 5. The normalized spacial score (nSPS) is 15.2. The summed E-state index contributed by atoms with van der Waals surface area (Å²) < 4.78 is 23.1. The molecule has 1 aliphatic heterocycles. The van der Waals surface area contributed by atoms with Crippen LogP contribution in [0.3, 0.4) is 0 Å². The molecule has 2 heterocycles. The Labute approximate surface area is 220 Å². The quantitative estimate of drug-likeness (QED) is 0.357. The predicted molar refractivity (Wildman–Crippen MR) is 147 cm³/mol. The second-order valence-corrected chi connectivity index (χ2v) is 9.67. The van der Waals surface area contributed by atoms with Gasteiger partial charge in [-0.05, 0) is 54.8 Å². The first-order valence-electron chi connectivity index (χ1n) is 12.6. The third-order valence-electron chi connectivity index (χ3n) is 7.16. The molecule has 0 aliphatic carbocycles. The van der Waals surface area contributed by atoms with E-state index in [1.807, 2.05) is 66.5 Å². The summed E-state index contributed by atoms with van der Waals surface area (Å²) in [7, 11) is 3.35. The van der Waals surface area contributed by atoms with Gasteiger partial charge in [0.15, 0.2) is 11.6 Å². The maximum atomic E-state index is 15.6. The highest BCUT2D eigenvalue weighted by Crippen LogP contribution is 2.40. The minimum atomic E-state index is -1.36. The van der Waals surface area contributed by atoms with E-state index in [0.29, 0.717) is 30.2 Å². The zero-order chi connectivity index (χ0) is 26.8. The van der Waals surface area contributed by atoms with Gasteiger partial charge >= 0.3 is 5.97 Å². The highest BCUT2D eigenvalue weighted by atomic mass is 19.1.